The summed E-state index contributed by atoms with van der Waals surface area (Å²) in [5, 5.41) is 14.0. The van der Waals surface area contributed by atoms with E-state index in [1.165, 1.54) is 205 Å². The molecule has 3 atom stereocenters. The highest BCUT2D eigenvalue weighted by molar-refractivity contribution is 7.45. The van der Waals surface area contributed by atoms with Crippen LogP contribution in [0, 0.1) is 0 Å². The van der Waals surface area contributed by atoms with Gasteiger partial charge in [-0.1, -0.05) is 354 Å². The second kappa shape index (κ2) is 69.2. The number of carbonyl (C=O) groups excluding carboxylic acids is 1. The molecule has 0 aromatic heterocycles. The lowest BCUT2D eigenvalue weighted by Crippen LogP contribution is -2.45. The molecule has 8 nitrogen and oxygen atoms in total. The molecule has 3 unspecified atom stereocenters. The molecule has 0 aliphatic heterocycles. The summed E-state index contributed by atoms with van der Waals surface area (Å²) in [5.74, 6) is -0.201. The molecule has 0 rings (SSSR count). The van der Waals surface area contributed by atoms with Gasteiger partial charge in [0, 0.05) is 6.42 Å². The van der Waals surface area contributed by atoms with Crippen LogP contribution in [0.3, 0.4) is 0 Å². The number of likely N-dealkylation sites (N-methyl/N-ethyl adjacent to an activating group) is 1. The van der Waals surface area contributed by atoms with Crippen molar-refractivity contribution < 1.29 is 32.9 Å². The maximum absolute atomic E-state index is 13.1. The zero-order chi connectivity index (χ0) is 64.8. The molecule has 1 amide bonds. The van der Waals surface area contributed by atoms with E-state index in [9.17, 15) is 19.4 Å². The lowest BCUT2D eigenvalue weighted by Gasteiger charge is -2.29. The van der Waals surface area contributed by atoms with Crippen molar-refractivity contribution >= 4 is 13.7 Å². The van der Waals surface area contributed by atoms with Crippen LogP contribution in [0.25, 0.3) is 0 Å². The molecular formula is C80H143N2O6P. The zero-order valence-corrected chi connectivity index (χ0v) is 59.7. The minimum Gasteiger partial charge on any atom is -0.756 e. The standard InChI is InChI=1S/C80H143N2O6P/c1-6-8-10-12-14-16-18-20-22-24-26-28-30-32-34-36-37-38-39-40-41-42-43-44-45-46-48-50-52-54-56-58-60-62-64-66-68-70-72-74-80(84)81-78(77-88-89(85,86)87-76-75-82(3,4)5)79(83)73-71-69-67-65-63-61-59-57-55-53-51-49-47-35-33-31-29-27-25-23-21-19-17-15-13-11-9-7-2/h8,10,14,16,20,22,26,28,32,34,37-38,40-41,43-44,46,48,71,73,78-79,83H,6-7,9,11-13,15,17-19,21,23-25,27,29-31,33,35-36,39,42,45,47,49-70,72,74-77H2,1-5H3,(H-,81,84,85,86)/b10-8-,16-14-,22-20-,28-26-,34-32-,38-37-,41-40-,44-43-,48-46-,73-71+. The van der Waals surface area contributed by atoms with Crippen molar-refractivity contribution in [3.05, 3.63) is 122 Å². The number of hydrogen-bond donors (Lipinski definition) is 2. The molecular weight excluding hydrogens is 1120 g/mol. The molecule has 2 N–H and O–H groups in total. The lowest BCUT2D eigenvalue weighted by atomic mass is 10.0. The minimum atomic E-state index is -4.61. The van der Waals surface area contributed by atoms with Gasteiger partial charge in [0.1, 0.15) is 13.2 Å². The molecule has 0 spiro atoms. The van der Waals surface area contributed by atoms with E-state index in [2.05, 4.69) is 129 Å². The largest absolute Gasteiger partial charge is 0.756 e. The Morgan fingerprint density at radius 1 is 0.404 bits per heavy atom. The topological polar surface area (TPSA) is 108 Å². The number of nitrogens with zero attached hydrogens (tertiary/aromatic N) is 1. The van der Waals surface area contributed by atoms with Crippen molar-refractivity contribution in [1.82, 2.24) is 5.32 Å². The molecule has 0 heterocycles. The normalized spacial score (nSPS) is 14.3. The summed E-state index contributed by atoms with van der Waals surface area (Å²) in [6.07, 6.45) is 103. The SMILES string of the molecule is CC/C=C\C/C=C\C/C=C\C/C=C\C/C=C\C/C=C\C/C=C\C/C=C\C/C=C\CCCCCCCCCCCCCC(=O)NC(COP(=O)([O-])OCC[N+](C)(C)C)C(O)/C=C/CCCCCCCCCCCCCCCCCCCCCCCCCCCC. The molecule has 89 heavy (non-hydrogen) atoms. The summed E-state index contributed by atoms with van der Waals surface area (Å²) < 4.78 is 23.5. The molecule has 0 fully saturated rings. The molecule has 9 heteroatoms. The molecule has 0 aromatic rings. The first-order chi connectivity index (χ1) is 43.5. The monoisotopic (exact) mass is 1260 g/mol. The average molecular weight is 1260 g/mol. The van der Waals surface area contributed by atoms with E-state index in [4.69, 9.17) is 9.05 Å². The Morgan fingerprint density at radius 2 is 0.685 bits per heavy atom. The third-order valence-corrected chi connectivity index (χ3v) is 17.4. The summed E-state index contributed by atoms with van der Waals surface area (Å²) in [6.45, 7) is 4.56. The summed E-state index contributed by atoms with van der Waals surface area (Å²) in [5.41, 5.74) is 0. The van der Waals surface area contributed by atoms with Crippen LogP contribution in [0.1, 0.15) is 328 Å². The van der Waals surface area contributed by atoms with E-state index in [0.29, 0.717) is 17.4 Å². The Hall–Kier alpha value is -3.10. The van der Waals surface area contributed by atoms with E-state index in [0.717, 1.165) is 103 Å². The van der Waals surface area contributed by atoms with Gasteiger partial charge in [-0.25, -0.2) is 0 Å². The number of nitrogens with one attached hydrogen (secondary N) is 1. The van der Waals surface area contributed by atoms with Gasteiger partial charge in [-0.3, -0.25) is 9.36 Å². The second-order valence-corrected chi connectivity index (χ2v) is 27.7. The van der Waals surface area contributed by atoms with Gasteiger partial charge in [0.25, 0.3) is 7.82 Å². The van der Waals surface area contributed by atoms with Crippen LogP contribution in [-0.2, 0) is 18.4 Å². The summed E-state index contributed by atoms with van der Waals surface area (Å²) >= 11 is 0. The van der Waals surface area contributed by atoms with Gasteiger partial charge in [0.15, 0.2) is 0 Å². The van der Waals surface area contributed by atoms with Gasteiger partial charge in [0.05, 0.1) is 39.9 Å². The van der Waals surface area contributed by atoms with Crippen LogP contribution in [0.5, 0.6) is 0 Å². The molecule has 0 aliphatic rings. The van der Waals surface area contributed by atoms with Crippen LogP contribution in [-0.4, -0.2) is 68.5 Å². The van der Waals surface area contributed by atoms with Crippen molar-refractivity contribution in [3.8, 4) is 0 Å². The van der Waals surface area contributed by atoms with Gasteiger partial charge in [-0.2, -0.15) is 0 Å². The number of rotatable bonds is 68. The third kappa shape index (κ3) is 72.2. The Labute approximate surface area is 552 Å². The molecule has 0 aliphatic carbocycles. The zero-order valence-electron chi connectivity index (χ0n) is 58.9. The summed E-state index contributed by atoms with van der Waals surface area (Å²) in [6, 6.07) is -0.898. The quantitative estimate of drug-likeness (QED) is 0.0272. The average Bonchev–Trinajstić information content (AvgIpc) is 3.55. The first-order valence-corrected chi connectivity index (χ1v) is 38.9. The van der Waals surface area contributed by atoms with Crippen molar-refractivity contribution in [2.45, 2.75) is 341 Å². The Bertz CT molecular complexity index is 1870. The van der Waals surface area contributed by atoms with Crippen LogP contribution >= 0.6 is 7.82 Å². The first-order valence-electron chi connectivity index (χ1n) is 37.4. The number of phosphoric ester groups is 1. The maximum Gasteiger partial charge on any atom is 0.268 e. The number of quaternary nitrogens is 1. The molecule has 0 saturated heterocycles. The van der Waals surface area contributed by atoms with Crippen LogP contribution < -0.4 is 10.2 Å². The number of carbonyl (C=O) groups is 1. The van der Waals surface area contributed by atoms with E-state index in [-0.39, 0.29) is 19.1 Å². The van der Waals surface area contributed by atoms with Gasteiger partial charge < -0.3 is 28.8 Å². The number of aliphatic hydroxyl groups is 1. The van der Waals surface area contributed by atoms with E-state index < -0.39 is 20.0 Å². The number of amides is 1. The smallest absolute Gasteiger partial charge is 0.268 e. The molecule has 0 aromatic carbocycles. The molecule has 0 saturated carbocycles. The Morgan fingerprint density at radius 3 is 1.00 bits per heavy atom. The van der Waals surface area contributed by atoms with E-state index >= 15 is 0 Å². The van der Waals surface area contributed by atoms with Gasteiger partial charge in [-0.15, -0.1) is 0 Å². The maximum atomic E-state index is 13.1. The predicted molar refractivity (Wildman–Crippen MR) is 389 cm³/mol. The number of hydrogen-bond acceptors (Lipinski definition) is 6. The van der Waals surface area contributed by atoms with Crippen molar-refractivity contribution in [1.29, 1.82) is 0 Å². The fourth-order valence-corrected chi connectivity index (χ4v) is 11.4. The second-order valence-electron chi connectivity index (χ2n) is 26.3. The Balaban J connectivity index is 4.08. The van der Waals surface area contributed by atoms with E-state index in [1.54, 1.807) is 6.08 Å². The molecule has 0 bridgehead atoms. The van der Waals surface area contributed by atoms with Crippen LogP contribution in [0.2, 0.25) is 0 Å². The predicted octanol–water partition coefficient (Wildman–Crippen LogP) is 23.8. The number of phosphoric acid groups is 1. The first kappa shape index (κ1) is 85.9. The molecule has 0 radical (unpaired) electrons. The van der Waals surface area contributed by atoms with Crippen LogP contribution in [0.4, 0.5) is 0 Å². The fourth-order valence-electron chi connectivity index (χ4n) is 10.7. The highest BCUT2D eigenvalue weighted by Crippen LogP contribution is 2.38. The summed E-state index contributed by atoms with van der Waals surface area (Å²) in [4.78, 5) is 25.7. The number of unbranched alkanes of at least 4 members (excludes halogenated alkanes) is 37. The van der Waals surface area contributed by atoms with Gasteiger partial charge in [0.2, 0.25) is 5.91 Å². The van der Waals surface area contributed by atoms with Crippen molar-refractivity contribution in [2.24, 2.45) is 0 Å². The highest BCUT2D eigenvalue weighted by Gasteiger charge is 2.23. The van der Waals surface area contributed by atoms with Gasteiger partial charge in [-0.05, 0) is 89.9 Å². The lowest BCUT2D eigenvalue weighted by molar-refractivity contribution is -0.870. The highest BCUT2D eigenvalue weighted by atomic mass is 31.2. The Kier molecular flexibility index (Phi) is 66.8. The number of aliphatic hydroxyl groups excluding tert-OH is 1. The van der Waals surface area contributed by atoms with Crippen molar-refractivity contribution in [2.75, 3.05) is 40.9 Å². The minimum absolute atomic E-state index is 0.00576. The van der Waals surface area contributed by atoms with Gasteiger partial charge >= 0.3 is 0 Å². The number of allylic oxidation sites excluding steroid dienone is 19. The van der Waals surface area contributed by atoms with E-state index in [1.807, 2.05) is 27.2 Å². The summed E-state index contributed by atoms with van der Waals surface area (Å²) in [7, 11) is 1.26. The van der Waals surface area contributed by atoms with Crippen molar-refractivity contribution in [3.63, 3.8) is 0 Å². The molecule has 514 valence electrons. The fraction of sp³-hybridized carbons (Fsp3) is 0.738. The van der Waals surface area contributed by atoms with Crippen LogP contribution in [0.15, 0.2) is 122 Å². The third-order valence-electron chi connectivity index (χ3n) is 16.4.